The molecule has 3 heterocycles. The third-order valence-electron chi connectivity index (χ3n) is 12.5. The van der Waals surface area contributed by atoms with Gasteiger partial charge in [0.05, 0.1) is 26.4 Å². The van der Waals surface area contributed by atoms with Crippen LogP contribution in [0.4, 0.5) is 49.1 Å². The monoisotopic (exact) mass is 855 g/mol. The number of nitrogens with zero attached hydrogens (tertiary/aromatic N) is 3. The van der Waals surface area contributed by atoms with Crippen molar-refractivity contribution in [3.05, 3.63) is 208 Å². The van der Waals surface area contributed by atoms with Crippen LogP contribution in [0.1, 0.15) is 41.7 Å². The molecule has 62 heavy (non-hydrogen) atoms. The summed E-state index contributed by atoms with van der Waals surface area (Å²) in [6, 6.07) is 61.5. The highest BCUT2D eigenvalue weighted by Crippen LogP contribution is 2.57. The number of fused-ring (bicyclic) bond motifs is 5. The molecule has 0 radical (unpaired) electrons. The maximum absolute atomic E-state index is 2.54. The van der Waals surface area contributed by atoms with Crippen molar-refractivity contribution < 1.29 is 0 Å². The second-order valence-electron chi connectivity index (χ2n) is 16.9. The Morgan fingerprint density at radius 2 is 0.790 bits per heavy atom. The highest BCUT2D eigenvalue weighted by molar-refractivity contribution is 7.15. The second kappa shape index (κ2) is 15.2. The zero-order chi connectivity index (χ0) is 42.1. The quantitative estimate of drug-likeness (QED) is 0.106. The number of thiophene rings is 3. The Kier molecular flexibility index (Phi) is 9.42. The lowest BCUT2D eigenvalue weighted by molar-refractivity contribution is 0.661. The molecule has 11 rings (SSSR count). The molecule has 0 amide bonds. The fourth-order valence-corrected chi connectivity index (χ4v) is 11.7. The van der Waals surface area contributed by atoms with Gasteiger partial charge in [-0.1, -0.05) is 97.3 Å². The largest absolute Gasteiger partial charge is 0.302 e. The van der Waals surface area contributed by atoms with Gasteiger partial charge in [0, 0.05) is 49.7 Å². The Labute approximate surface area is 376 Å². The standard InChI is InChI=1S/C56H45N3S3/c1-36-16-22-39(23-17-36)57(51-13-8-30-60-51)42-28-29-44-46(33-42)55(59(53-15-10-32-62-53)41-26-20-38(3)21-27-41)47-34-45-43-11-6-7-12-49(43)56(4,5)50(45)35-48(47)54(44)58(52-14-9-31-61-52)40-24-18-37(2)19-25-40/h6-35H,1-5H3. The first-order chi connectivity index (χ1) is 30.2. The lowest BCUT2D eigenvalue weighted by atomic mass is 9.81. The van der Waals surface area contributed by atoms with E-state index in [1.54, 1.807) is 34.0 Å². The normalized spacial score (nSPS) is 12.7. The molecule has 1 aliphatic carbocycles. The van der Waals surface area contributed by atoms with Gasteiger partial charge in [-0.2, -0.15) is 0 Å². The van der Waals surface area contributed by atoms with Crippen molar-refractivity contribution >= 4 is 105 Å². The van der Waals surface area contributed by atoms with Crippen LogP contribution in [0.15, 0.2) is 180 Å². The molecule has 3 aromatic heterocycles. The molecule has 0 bridgehead atoms. The molecule has 302 valence electrons. The Balaban J connectivity index is 1.34. The average Bonchev–Trinajstić information content (AvgIpc) is 4.14. The molecule has 0 spiro atoms. The van der Waals surface area contributed by atoms with Crippen LogP contribution in [0.25, 0.3) is 32.7 Å². The summed E-state index contributed by atoms with van der Waals surface area (Å²) >= 11 is 5.32. The average molecular weight is 856 g/mol. The SMILES string of the molecule is Cc1ccc(N(c2ccc3c(N(c4ccc(C)cc4)c4cccs4)c4cc5c(cc4c(N(c4ccc(C)cc4)c4cccs4)c3c2)-c2ccccc2C5(C)C)c2cccs2)cc1. The van der Waals surface area contributed by atoms with E-state index < -0.39 is 0 Å². The van der Waals surface area contributed by atoms with E-state index in [4.69, 9.17) is 0 Å². The summed E-state index contributed by atoms with van der Waals surface area (Å²) < 4.78 is 0. The first-order valence-electron chi connectivity index (χ1n) is 21.1. The Hall–Kier alpha value is -6.44. The highest BCUT2D eigenvalue weighted by Gasteiger charge is 2.37. The van der Waals surface area contributed by atoms with Crippen LogP contribution in [0.2, 0.25) is 0 Å². The van der Waals surface area contributed by atoms with E-state index in [-0.39, 0.29) is 5.41 Å². The minimum Gasteiger partial charge on any atom is -0.302 e. The molecule has 10 aromatic rings. The number of anilines is 9. The molecule has 0 saturated carbocycles. The molecule has 0 atom stereocenters. The smallest absolute Gasteiger partial charge is 0.0999 e. The maximum Gasteiger partial charge on any atom is 0.0999 e. The number of hydrogen-bond donors (Lipinski definition) is 0. The van der Waals surface area contributed by atoms with Crippen molar-refractivity contribution in [3.63, 3.8) is 0 Å². The van der Waals surface area contributed by atoms with E-state index in [2.05, 4.69) is 229 Å². The summed E-state index contributed by atoms with van der Waals surface area (Å²) in [5.41, 5.74) is 15.7. The third-order valence-corrected chi connectivity index (χ3v) is 15.1. The van der Waals surface area contributed by atoms with Gasteiger partial charge in [-0.25, -0.2) is 0 Å². The molecule has 6 heteroatoms. The molecule has 0 aliphatic heterocycles. The fraction of sp³-hybridized carbons (Fsp3) is 0.107. The van der Waals surface area contributed by atoms with Crippen molar-refractivity contribution in [3.8, 4) is 11.1 Å². The lowest BCUT2D eigenvalue weighted by Crippen LogP contribution is -2.16. The molecular weight excluding hydrogens is 811 g/mol. The van der Waals surface area contributed by atoms with E-state index in [0.29, 0.717) is 0 Å². The predicted molar refractivity (Wildman–Crippen MR) is 271 cm³/mol. The Bertz CT molecular complexity index is 3220. The molecule has 0 N–H and O–H groups in total. The van der Waals surface area contributed by atoms with Crippen LogP contribution >= 0.6 is 34.0 Å². The lowest BCUT2D eigenvalue weighted by Gasteiger charge is -2.33. The summed E-state index contributed by atoms with van der Waals surface area (Å²) in [6.07, 6.45) is 0. The van der Waals surface area contributed by atoms with Crippen molar-refractivity contribution in [1.29, 1.82) is 0 Å². The number of hydrogen-bond acceptors (Lipinski definition) is 6. The minimum absolute atomic E-state index is 0.187. The number of rotatable bonds is 9. The van der Waals surface area contributed by atoms with Gasteiger partial charge in [-0.15, -0.1) is 34.0 Å². The molecule has 0 fully saturated rings. The topological polar surface area (TPSA) is 9.72 Å². The zero-order valence-electron chi connectivity index (χ0n) is 35.4. The van der Waals surface area contributed by atoms with Crippen LogP contribution in [0.3, 0.4) is 0 Å². The van der Waals surface area contributed by atoms with Crippen LogP contribution < -0.4 is 14.7 Å². The van der Waals surface area contributed by atoms with Gasteiger partial charge in [0.2, 0.25) is 0 Å². The van der Waals surface area contributed by atoms with Gasteiger partial charge in [-0.3, -0.25) is 0 Å². The van der Waals surface area contributed by atoms with Gasteiger partial charge < -0.3 is 14.7 Å². The van der Waals surface area contributed by atoms with Crippen molar-refractivity contribution in [1.82, 2.24) is 0 Å². The molecule has 1 aliphatic rings. The number of benzene rings is 7. The molecular formula is C56H45N3S3. The summed E-state index contributed by atoms with van der Waals surface area (Å²) in [7, 11) is 0. The van der Waals surface area contributed by atoms with E-state index in [1.165, 1.54) is 81.9 Å². The fourth-order valence-electron chi connectivity index (χ4n) is 9.39. The number of aryl methyl sites for hydroxylation is 3. The van der Waals surface area contributed by atoms with Crippen molar-refractivity contribution in [2.75, 3.05) is 14.7 Å². The Morgan fingerprint density at radius 3 is 1.31 bits per heavy atom. The van der Waals surface area contributed by atoms with E-state index in [1.807, 2.05) is 0 Å². The first-order valence-corrected chi connectivity index (χ1v) is 23.8. The zero-order valence-corrected chi connectivity index (χ0v) is 37.8. The van der Waals surface area contributed by atoms with E-state index >= 15 is 0 Å². The van der Waals surface area contributed by atoms with Gasteiger partial charge in [-0.05, 0) is 156 Å². The van der Waals surface area contributed by atoms with Gasteiger partial charge in [0.1, 0.15) is 0 Å². The van der Waals surface area contributed by atoms with Crippen molar-refractivity contribution in [2.24, 2.45) is 0 Å². The minimum atomic E-state index is -0.187. The summed E-state index contributed by atoms with van der Waals surface area (Å²) in [5.74, 6) is 0. The Morgan fingerprint density at radius 1 is 0.355 bits per heavy atom. The van der Waals surface area contributed by atoms with Crippen molar-refractivity contribution in [2.45, 2.75) is 40.0 Å². The van der Waals surface area contributed by atoms with Gasteiger partial charge >= 0.3 is 0 Å². The molecule has 7 aromatic carbocycles. The van der Waals surface area contributed by atoms with Gasteiger partial charge in [0.25, 0.3) is 0 Å². The van der Waals surface area contributed by atoms with Crippen LogP contribution in [-0.4, -0.2) is 0 Å². The van der Waals surface area contributed by atoms with Gasteiger partial charge in [0.15, 0.2) is 0 Å². The molecule has 3 nitrogen and oxygen atoms in total. The van der Waals surface area contributed by atoms with E-state index in [9.17, 15) is 0 Å². The maximum atomic E-state index is 2.54. The summed E-state index contributed by atoms with van der Waals surface area (Å²) in [6.45, 7) is 11.3. The first kappa shape index (κ1) is 38.5. The highest BCUT2D eigenvalue weighted by atomic mass is 32.1. The summed E-state index contributed by atoms with van der Waals surface area (Å²) in [4.78, 5) is 7.44. The predicted octanol–water partition coefficient (Wildman–Crippen LogP) is 17.8. The van der Waals surface area contributed by atoms with Crippen LogP contribution in [0.5, 0.6) is 0 Å². The van der Waals surface area contributed by atoms with E-state index in [0.717, 1.165) is 27.8 Å². The molecule has 0 unspecified atom stereocenters. The summed E-state index contributed by atoms with van der Waals surface area (Å²) in [5, 5.41) is 14.8. The third kappa shape index (κ3) is 6.36. The second-order valence-corrected chi connectivity index (χ2v) is 19.7. The van der Waals surface area contributed by atoms with Crippen LogP contribution in [-0.2, 0) is 5.41 Å². The van der Waals surface area contributed by atoms with Crippen LogP contribution in [0, 0.1) is 20.8 Å². The molecule has 0 saturated heterocycles.